The second-order valence-corrected chi connectivity index (χ2v) is 2.12. The Morgan fingerprint density at radius 3 is 2.18 bits per heavy atom. The van der Waals surface area contributed by atoms with Gasteiger partial charge in [0.2, 0.25) is 0 Å². The van der Waals surface area contributed by atoms with Crippen LogP contribution in [0, 0.1) is 0 Å². The van der Waals surface area contributed by atoms with Crippen LogP contribution in [0.15, 0.2) is 0 Å². The van der Waals surface area contributed by atoms with Crippen molar-refractivity contribution in [2.24, 2.45) is 0 Å². The average Bonchev–Trinajstić information content (AvgIpc) is 2.01. The predicted molar refractivity (Wildman–Crippen MR) is 40.6 cm³/mol. The number of ether oxygens (including phenoxy) is 2. The van der Waals surface area contributed by atoms with Crippen molar-refractivity contribution >= 4 is 8.69 Å². The molecule has 0 aromatic carbocycles. The first-order chi connectivity index (χ1) is 5.35. The van der Waals surface area contributed by atoms with E-state index in [1.165, 1.54) is 0 Å². The lowest BCUT2D eigenvalue weighted by molar-refractivity contribution is -0.151. The second kappa shape index (κ2) is 8.08. The molecule has 11 heavy (non-hydrogen) atoms. The summed E-state index contributed by atoms with van der Waals surface area (Å²) in [6.07, 6.45) is -0.397. The van der Waals surface area contributed by atoms with E-state index in [-0.39, 0.29) is 15.3 Å². The third kappa shape index (κ3) is 6.38. The van der Waals surface area contributed by atoms with Gasteiger partial charge in [0, 0.05) is 13.2 Å². The minimum Gasteiger partial charge on any atom is -0.351 e. The molecule has 0 heterocycles. The smallest absolute Gasteiger partial charge is 0.327 e. The van der Waals surface area contributed by atoms with Gasteiger partial charge in [0.15, 0.2) is 6.29 Å². The summed E-state index contributed by atoms with van der Waals surface area (Å²) in [5, 5.41) is 0. The van der Waals surface area contributed by atoms with Crippen LogP contribution in [0.4, 0.5) is 0 Å². The summed E-state index contributed by atoms with van der Waals surface area (Å²) in [6.45, 7) is 5.04. The van der Waals surface area contributed by atoms with E-state index in [0.717, 1.165) is 0 Å². The SMILES string of the molecule is CCOC(COP=O)OCC. The third-order valence-corrected chi connectivity index (χ3v) is 1.22. The number of rotatable bonds is 7. The van der Waals surface area contributed by atoms with Gasteiger partial charge in [-0.15, -0.1) is 0 Å². The molecule has 0 amide bonds. The van der Waals surface area contributed by atoms with Gasteiger partial charge in [0.25, 0.3) is 0 Å². The highest BCUT2D eigenvalue weighted by Crippen LogP contribution is 2.01. The maximum Gasteiger partial charge on any atom is 0.327 e. The molecule has 4 nitrogen and oxygen atoms in total. The van der Waals surface area contributed by atoms with Crippen LogP contribution in [0.2, 0.25) is 0 Å². The molecule has 0 rings (SSSR count). The van der Waals surface area contributed by atoms with Gasteiger partial charge in [0.05, 0.1) is 0 Å². The van der Waals surface area contributed by atoms with Gasteiger partial charge in [-0.2, -0.15) is 0 Å². The van der Waals surface area contributed by atoms with E-state index in [1.807, 2.05) is 13.8 Å². The lowest BCUT2D eigenvalue weighted by atomic mass is 10.6. The molecular weight excluding hydrogens is 167 g/mol. The van der Waals surface area contributed by atoms with E-state index in [0.29, 0.717) is 13.2 Å². The lowest BCUT2D eigenvalue weighted by Crippen LogP contribution is -2.21. The predicted octanol–water partition coefficient (Wildman–Crippen LogP) is 1.61. The van der Waals surface area contributed by atoms with E-state index < -0.39 is 6.29 Å². The zero-order valence-electron chi connectivity index (χ0n) is 6.78. The molecule has 0 aromatic rings. The first-order valence-corrected chi connectivity index (χ1v) is 4.26. The Hall–Kier alpha value is -0.0200. The van der Waals surface area contributed by atoms with E-state index in [4.69, 9.17) is 9.47 Å². The molecule has 0 saturated carbocycles. The minimum absolute atomic E-state index is 0.201. The second-order valence-electron chi connectivity index (χ2n) is 1.71. The van der Waals surface area contributed by atoms with Crippen LogP contribution in [-0.4, -0.2) is 26.1 Å². The van der Waals surface area contributed by atoms with Crippen molar-refractivity contribution in [1.29, 1.82) is 0 Å². The van der Waals surface area contributed by atoms with Crippen molar-refractivity contribution in [2.45, 2.75) is 20.1 Å². The summed E-state index contributed by atoms with van der Waals surface area (Å²) >= 11 is 0. The summed E-state index contributed by atoms with van der Waals surface area (Å²) < 4.78 is 24.6. The molecule has 0 aliphatic rings. The first kappa shape index (κ1) is 11.0. The van der Waals surface area contributed by atoms with Crippen molar-refractivity contribution in [2.75, 3.05) is 19.8 Å². The Balaban J connectivity index is 3.41. The highest BCUT2D eigenvalue weighted by atomic mass is 31.1. The average molecular weight is 180 g/mol. The molecule has 0 atom stereocenters. The van der Waals surface area contributed by atoms with Crippen LogP contribution in [0.3, 0.4) is 0 Å². The van der Waals surface area contributed by atoms with E-state index in [1.54, 1.807) is 0 Å². The van der Waals surface area contributed by atoms with Gasteiger partial charge >= 0.3 is 8.69 Å². The Bertz CT molecular complexity index is 92.6. The quantitative estimate of drug-likeness (QED) is 0.441. The fraction of sp³-hybridized carbons (Fsp3) is 1.00. The van der Waals surface area contributed by atoms with Crippen LogP contribution in [0.5, 0.6) is 0 Å². The summed E-state index contributed by atoms with van der Waals surface area (Å²) in [6, 6.07) is 0. The van der Waals surface area contributed by atoms with Crippen molar-refractivity contribution in [3.05, 3.63) is 0 Å². The van der Waals surface area contributed by atoms with Crippen molar-refractivity contribution in [3.8, 4) is 0 Å². The molecule has 0 saturated heterocycles. The van der Waals surface area contributed by atoms with Crippen molar-refractivity contribution in [3.63, 3.8) is 0 Å². The molecule has 0 spiro atoms. The molecule has 0 unspecified atom stereocenters. The van der Waals surface area contributed by atoms with Crippen LogP contribution in [-0.2, 0) is 18.6 Å². The topological polar surface area (TPSA) is 44.8 Å². The van der Waals surface area contributed by atoms with Gasteiger partial charge < -0.3 is 9.47 Å². The summed E-state index contributed by atoms with van der Waals surface area (Å²) in [5.74, 6) is 0. The maximum atomic E-state index is 9.88. The molecule has 0 bridgehead atoms. The van der Waals surface area contributed by atoms with Crippen LogP contribution >= 0.6 is 8.69 Å². The molecule has 5 heteroatoms. The maximum absolute atomic E-state index is 9.88. The zero-order chi connectivity index (χ0) is 8.53. The fourth-order valence-corrected chi connectivity index (χ4v) is 0.790. The first-order valence-electron chi connectivity index (χ1n) is 3.53. The highest BCUT2D eigenvalue weighted by Gasteiger charge is 2.06. The van der Waals surface area contributed by atoms with Crippen LogP contribution < -0.4 is 0 Å². The van der Waals surface area contributed by atoms with E-state index in [2.05, 4.69) is 4.52 Å². The molecule has 0 fully saturated rings. The normalized spacial score (nSPS) is 11.2. The van der Waals surface area contributed by atoms with E-state index in [9.17, 15) is 4.57 Å². The Morgan fingerprint density at radius 2 is 1.82 bits per heavy atom. The van der Waals surface area contributed by atoms with Crippen molar-refractivity contribution < 1.29 is 18.6 Å². The van der Waals surface area contributed by atoms with Gasteiger partial charge in [0.1, 0.15) is 6.61 Å². The zero-order valence-corrected chi connectivity index (χ0v) is 7.67. The van der Waals surface area contributed by atoms with Gasteiger partial charge in [-0.3, -0.25) is 4.52 Å². The molecule has 0 aliphatic carbocycles. The van der Waals surface area contributed by atoms with E-state index >= 15 is 0 Å². The largest absolute Gasteiger partial charge is 0.351 e. The molecule has 0 N–H and O–H groups in total. The standard InChI is InChI=1S/C6H13O4P/c1-3-8-6(9-4-2)5-10-11-7/h6H,3-5H2,1-2H3. The van der Waals surface area contributed by atoms with Crippen molar-refractivity contribution in [1.82, 2.24) is 0 Å². The minimum atomic E-state index is -0.397. The monoisotopic (exact) mass is 180 g/mol. The molecular formula is C6H13O4P. The lowest BCUT2D eigenvalue weighted by Gasteiger charge is -2.14. The van der Waals surface area contributed by atoms with Gasteiger partial charge in [-0.25, -0.2) is 4.57 Å². The molecule has 0 aliphatic heterocycles. The fourth-order valence-electron chi connectivity index (χ4n) is 0.607. The Morgan fingerprint density at radius 1 is 1.27 bits per heavy atom. The van der Waals surface area contributed by atoms with Crippen LogP contribution in [0.25, 0.3) is 0 Å². The Kier molecular flexibility index (Phi) is 8.07. The number of hydrogen-bond donors (Lipinski definition) is 0. The Labute approximate surface area is 68.1 Å². The summed E-state index contributed by atoms with van der Waals surface area (Å²) in [4.78, 5) is 0. The number of hydrogen-bond acceptors (Lipinski definition) is 4. The molecule has 0 aromatic heterocycles. The van der Waals surface area contributed by atoms with Gasteiger partial charge in [-0.05, 0) is 13.8 Å². The van der Waals surface area contributed by atoms with Crippen LogP contribution in [0.1, 0.15) is 13.8 Å². The highest BCUT2D eigenvalue weighted by molar-refractivity contribution is 7.17. The molecule has 0 radical (unpaired) electrons. The molecule has 66 valence electrons. The third-order valence-electron chi connectivity index (χ3n) is 0.968. The summed E-state index contributed by atoms with van der Waals surface area (Å²) in [5.41, 5.74) is 0. The summed E-state index contributed by atoms with van der Waals surface area (Å²) in [7, 11) is -0.339. The van der Waals surface area contributed by atoms with Gasteiger partial charge in [-0.1, -0.05) is 0 Å².